The lowest BCUT2D eigenvalue weighted by Gasteiger charge is -2.22. The van der Waals surface area contributed by atoms with Gasteiger partial charge in [0.1, 0.15) is 16.5 Å². The molecule has 1 aliphatic heterocycles. The maximum Gasteiger partial charge on any atom is 0.301 e. The van der Waals surface area contributed by atoms with E-state index in [1.54, 1.807) is 50.4 Å². The first-order valence-electron chi connectivity index (χ1n) is 9.23. The summed E-state index contributed by atoms with van der Waals surface area (Å²) >= 11 is 1.21. The number of aliphatic hydroxyl groups is 1. The fourth-order valence-corrected chi connectivity index (χ4v) is 4.10. The smallest absolute Gasteiger partial charge is 0.301 e. The molecule has 7 nitrogen and oxygen atoms in total. The Bertz CT molecular complexity index is 1150. The van der Waals surface area contributed by atoms with Gasteiger partial charge in [-0.15, -0.1) is 10.2 Å². The van der Waals surface area contributed by atoms with Gasteiger partial charge < -0.3 is 9.84 Å². The van der Waals surface area contributed by atoms with Gasteiger partial charge in [0.25, 0.3) is 5.78 Å². The molecule has 0 bridgehead atoms. The molecule has 8 heteroatoms. The highest BCUT2D eigenvalue weighted by Gasteiger charge is 2.48. The molecule has 1 fully saturated rings. The summed E-state index contributed by atoms with van der Waals surface area (Å²) in [5.41, 5.74) is 2.15. The highest BCUT2D eigenvalue weighted by molar-refractivity contribution is 7.15. The number of ether oxygens (including phenoxy) is 1. The Morgan fingerprint density at radius 1 is 1.03 bits per heavy atom. The minimum atomic E-state index is -0.829. The number of benzene rings is 2. The summed E-state index contributed by atoms with van der Waals surface area (Å²) in [5.74, 6) is -1.10. The summed E-state index contributed by atoms with van der Waals surface area (Å²) in [6.07, 6.45) is 0. The van der Waals surface area contributed by atoms with Crippen LogP contribution >= 0.6 is 11.3 Å². The molecule has 30 heavy (non-hydrogen) atoms. The average Bonchev–Trinajstić information content (AvgIpc) is 3.29. The number of anilines is 1. The van der Waals surface area contributed by atoms with Gasteiger partial charge in [-0.05, 0) is 31.5 Å². The van der Waals surface area contributed by atoms with E-state index >= 15 is 0 Å². The van der Waals surface area contributed by atoms with E-state index in [0.717, 1.165) is 5.56 Å². The third-order valence-corrected chi connectivity index (χ3v) is 5.76. The van der Waals surface area contributed by atoms with Gasteiger partial charge in [0.05, 0.1) is 18.7 Å². The minimum absolute atomic E-state index is 0.0156. The molecule has 1 saturated heterocycles. The first-order valence-corrected chi connectivity index (χ1v) is 10.0. The lowest BCUT2D eigenvalue weighted by atomic mass is 9.95. The minimum Gasteiger partial charge on any atom is -0.507 e. The van der Waals surface area contributed by atoms with Crippen LogP contribution in [0.1, 0.15) is 27.7 Å². The summed E-state index contributed by atoms with van der Waals surface area (Å²) in [6, 6.07) is 13.3. The highest BCUT2D eigenvalue weighted by Crippen LogP contribution is 2.43. The van der Waals surface area contributed by atoms with Crippen LogP contribution in [-0.4, -0.2) is 34.1 Å². The summed E-state index contributed by atoms with van der Waals surface area (Å²) in [7, 11) is 1.56. The second kappa shape index (κ2) is 7.72. The maximum absolute atomic E-state index is 13.0. The van der Waals surface area contributed by atoms with Gasteiger partial charge >= 0.3 is 5.91 Å². The van der Waals surface area contributed by atoms with Crippen molar-refractivity contribution in [3.8, 4) is 5.75 Å². The topological polar surface area (TPSA) is 92.6 Å². The van der Waals surface area contributed by atoms with Crippen molar-refractivity contribution in [3.05, 3.63) is 75.8 Å². The number of ketones is 1. The van der Waals surface area contributed by atoms with Gasteiger partial charge in [-0.2, -0.15) is 0 Å². The lowest BCUT2D eigenvalue weighted by Crippen LogP contribution is -2.29. The number of carbonyl (C=O) groups excluding carboxylic acids is 2. The zero-order valence-electron chi connectivity index (χ0n) is 16.6. The molecule has 1 unspecified atom stereocenters. The van der Waals surface area contributed by atoms with E-state index in [4.69, 9.17) is 4.74 Å². The van der Waals surface area contributed by atoms with Crippen molar-refractivity contribution >= 4 is 33.9 Å². The van der Waals surface area contributed by atoms with Gasteiger partial charge in [-0.3, -0.25) is 14.5 Å². The Kier molecular flexibility index (Phi) is 5.09. The van der Waals surface area contributed by atoms with Crippen LogP contribution < -0.4 is 9.64 Å². The van der Waals surface area contributed by atoms with E-state index in [0.29, 0.717) is 27.0 Å². The molecule has 0 radical (unpaired) electrons. The number of hydrogen-bond donors (Lipinski definition) is 1. The van der Waals surface area contributed by atoms with Crippen molar-refractivity contribution < 1.29 is 19.4 Å². The van der Waals surface area contributed by atoms with Crippen LogP contribution in [0.4, 0.5) is 5.13 Å². The number of methoxy groups -OCH3 is 1. The first-order chi connectivity index (χ1) is 14.4. The van der Waals surface area contributed by atoms with Crippen molar-refractivity contribution in [2.24, 2.45) is 0 Å². The molecule has 1 aromatic heterocycles. The second-order valence-corrected chi connectivity index (χ2v) is 8.07. The molecule has 2 aromatic carbocycles. The fraction of sp³-hybridized carbons (Fsp3) is 0.182. The van der Waals surface area contributed by atoms with Crippen molar-refractivity contribution in [1.82, 2.24) is 10.2 Å². The zero-order chi connectivity index (χ0) is 21.4. The number of amides is 1. The lowest BCUT2D eigenvalue weighted by molar-refractivity contribution is -0.132. The van der Waals surface area contributed by atoms with E-state index in [9.17, 15) is 14.7 Å². The molecular weight excluding hydrogens is 402 g/mol. The molecule has 1 amide bonds. The normalized spacial score (nSPS) is 18.1. The van der Waals surface area contributed by atoms with Gasteiger partial charge in [0.15, 0.2) is 0 Å². The van der Waals surface area contributed by atoms with E-state index in [1.807, 2.05) is 19.1 Å². The molecule has 0 aliphatic carbocycles. The molecular formula is C22H19N3O4S. The van der Waals surface area contributed by atoms with E-state index in [-0.39, 0.29) is 11.3 Å². The van der Waals surface area contributed by atoms with Crippen LogP contribution in [0.2, 0.25) is 0 Å². The number of carbonyl (C=O) groups is 2. The molecule has 4 rings (SSSR count). The second-order valence-electron chi connectivity index (χ2n) is 6.91. The van der Waals surface area contributed by atoms with E-state index in [1.165, 1.54) is 16.2 Å². The Morgan fingerprint density at radius 2 is 1.70 bits per heavy atom. The Balaban J connectivity index is 1.92. The van der Waals surface area contributed by atoms with Crippen molar-refractivity contribution in [1.29, 1.82) is 0 Å². The molecule has 2 heterocycles. The number of aromatic nitrogens is 2. The van der Waals surface area contributed by atoms with E-state index < -0.39 is 17.7 Å². The highest BCUT2D eigenvalue weighted by atomic mass is 32.1. The first kappa shape index (κ1) is 19.8. The quantitative estimate of drug-likeness (QED) is 0.391. The third kappa shape index (κ3) is 3.35. The Morgan fingerprint density at radius 3 is 2.27 bits per heavy atom. The molecule has 0 spiro atoms. The number of hydrogen-bond acceptors (Lipinski definition) is 7. The number of rotatable bonds is 4. The molecule has 3 aromatic rings. The van der Waals surface area contributed by atoms with Crippen LogP contribution in [0.3, 0.4) is 0 Å². The fourth-order valence-electron chi connectivity index (χ4n) is 3.38. The van der Waals surface area contributed by atoms with Crippen LogP contribution in [0.5, 0.6) is 5.75 Å². The van der Waals surface area contributed by atoms with Crippen molar-refractivity contribution in [2.75, 3.05) is 12.0 Å². The van der Waals surface area contributed by atoms with Gasteiger partial charge in [-0.25, -0.2) is 0 Å². The molecule has 1 atom stereocenters. The average molecular weight is 421 g/mol. The zero-order valence-corrected chi connectivity index (χ0v) is 17.4. The molecule has 1 N–H and O–H groups in total. The molecule has 0 saturated carbocycles. The summed E-state index contributed by atoms with van der Waals surface area (Å²) in [6.45, 7) is 3.70. The van der Waals surface area contributed by atoms with Crippen molar-refractivity contribution in [3.63, 3.8) is 0 Å². The van der Waals surface area contributed by atoms with Gasteiger partial charge in [-0.1, -0.05) is 53.3 Å². The number of aliphatic hydroxyl groups excluding tert-OH is 1. The van der Waals surface area contributed by atoms with Crippen LogP contribution in [-0.2, 0) is 9.59 Å². The Labute approximate surface area is 177 Å². The molecule has 1 aliphatic rings. The number of nitrogens with zero attached hydrogens (tertiary/aromatic N) is 3. The Hall–Kier alpha value is -3.52. The SMILES string of the molecule is COc1ccc(C2/C(=C(\O)c3ccc(C)cc3)C(=O)C(=O)N2c2nnc(C)s2)cc1. The number of aryl methyl sites for hydroxylation is 2. The van der Waals surface area contributed by atoms with Crippen LogP contribution in [0.15, 0.2) is 54.1 Å². The van der Waals surface area contributed by atoms with Gasteiger partial charge in [0.2, 0.25) is 5.13 Å². The van der Waals surface area contributed by atoms with Gasteiger partial charge in [0, 0.05) is 5.56 Å². The van der Waals surface area contributed by atoms with Crippen LogP contribution in [0.25, 0.3) is 5.76 Å². The predicted octanol–water partition coefficient (Wildman–Crippen LogP) is 3.79. The van der Waals surface area contributed by atoms with Crippen LogP contribution in [0, 0.1) is 13.8 Å². The summed E-state index contributed by atoms with van der Waals surface area (Å²) in [5, 5.41) is 20.0. The van der Waals surface area contributed by atoms with E-state index in [2.05, 4.69) is 10.2 Å². The summed E-state index contributed by atoms with van der Waals surface area (Å²) in [4.78, 5) is 27.3. The molecule has 152 valence electrons. The largest absolute Gasteiger partial charge is 0.507 e. The third-order valence-electron chi connectivity index (χ3n) is 4.92. The summed E-state index contributed by atoms with van der Waals surface area (Å²) < 4.78 is 5.21. The predicted molar refractivity (Wildman–Crippen MR) is 114 cm³/mol. The van der Waals surface area contributed by atoms with Crippen molar-refractivity contribution in [2.45, 2.75) is 19.9 Å². The standard InChI is InChI=1S/C22H19N3O4S/c1-12-4-6-15(7-5-12)19(26)17-18(14-8-10-16(29-3)11-9-14)25(21(28)20(17)27)22-24-23-13(2)30-22/h4-11,18,26H,1-3H3/b19-17+. The maximum atomic E-state index is 13.0. The monoisotopic (exact) mass is 421 g/mol. The number of Topliss-reactive ketones (excluding diaryl/α,β-unsaturated/α-hetero) is 1.